The van der Waals surface area contributed by atoms with Crippen molar-refractivity contribution in [2.45, 2.75) is 32.6 Å². The molecule has 0 bridgehead atoms. The molecule has 0 amide bonds. The molecule has 17 heavy (non-hydrogen) atoms. The van der Waals surface area contributed by atoms with Gasteiger partial charge in [-0.15, -0.1) is 0 Å². The molecule has 0 atom stereocenters. The summed E-state index contributed by atoms with van der Waals surface area (Å²) in [6.45, 7) is 2.97. The molecule has 3 N–H and O–H groups in total. The highest BCUT2D eigenvalue weighted by Gasteiger charge is 2.32. The predicted molar refractivity (Wildman–Crippen MR) is 65.2 cm³/mol. The van der Waals surface area contributed by atoms with Crippen molar-refractivity contribution in [2.75, 3.05) is 18.4 Å². The minimum Gasteiger partial charge on any atom is -0.367 e. The molecule has 1 aromatic rings. The first-order chi connectivity index (χ1) is 8.17. The maximum absolute atomic E-state index is 13.7. The summed E-state index contributed by atoms with van der Waals surface area (Å²) in [7, 11) is 0. The molecule has 0 aromatic carbocycles. The van der Waals surface area contributed by atoms with E-state index in [1.807, 2.05) is 0 Å². The predicted octanol–water partition coefficient (Wildman–Crippen LogP) is 1.86. The Kier molecular flexibility index (Phi) is 3.57. The summed E-state index contributed by atoms with van der Waals surface area (Å²) in [6, 6.07) is 0. The van der Waals surface area contributed by atoms with Crippen LogP contribution in [0.25, 0.3) is 0 Å². The molecule has 1 heterocycles. The number of hydrogen-bond acceptors (Lipinski definition) is 4. The van der Waals surface area contributed by atoms with Crippen LogP contribution >= 0.6 is 0 Å². The summed E-state index contributed by atoms with van der Waals surface area (Å²) >= 11 is 0. The molecule has 94 valence electrons. The van der Waals surface area contributed by atoms with Crippen molar-refractivity contribution < 1.29 is 4.39 Å². The first-order valence-corrected chi connectivity index (χ1v) is 6.08. The lowest BCUT2D eigenvalue weighted by molar-refractivity contribution is 0.331. The highest BCUT2D eigenvalue weighted by Crippen LogP contribution is 2.37. The zero-order chi connectivity index (χ0) is 12.3. The third-order valence-corrected chi connectivity index (χ3v) is 3.69. The standard InChI is InChI=1S/C12H19FN4/c1-9-10(13)11(17-8-16-9)15-7-12(6-14)4-2-3-5-12/h8H,2-7,14H2,1H3,(H,15,16,17). The summed E-state index contributed by atoms with van der Waals surface area (Å²) in [5, 5.41) is 3.08. The van der Waals surface area contributed by atoms with Crippen LogP contribution in [0.4, 0.5) is 10.2 Å². The topological polar surface area (TPSA) is 63.8 Å². The van der Waals surface area contributed by atoms with Crippen molar-refractivity contribution >= 4 is 5.82 Å². The average Bonchev–Trinajstić information content (AvgIpc) is 2.81. The van der Waals surface area contributed by atoms with E-state index in [2.05, 4.69) is 15.3 Å². The Labute approximate surface area is 101 Å². The van der Waals surface area contributed by atoms with Gasteiger partial charge < -0.3 is 11.1 Å². The Morgan fingerprint density at radius 2 is 2.12 bits per heavy atom. The third kappa shape index (κ3) is 2.54. The van der Waals surface area contributed by atoms with Gasteiger partial charge in [0.25, 0.3) is 0 Å². The molecular formula is C12H19FN4. The first-order valence-electron chi connectivity index (χ1n) is 6.08. The van der Waals surface area contributed by atoms with Gasteiger partial charge in [0.05, 0.1) is 5.69 Å². The molecule has 4 nitrogen and oxygen atoms in total. The summed E-state index contributed by atoms with van der Waals surface area (Å²) in [6.07, 6.45) is 6.03. The van der Waals surface area contributed by atoms with E-state index in [1.165, 1.54) is 19.2 Å². The van der Waals surface area contributed by atoms with Gasteiger partial charge in [0.15, 0.2) is 11.6 Å². The molecule has 5 heteroatoms. The van der Waals surface area contributed by atoms with E-state index in [4.69, 9.17) is 5.73 Å². The van der Waals surface area contributed by atoms with Crippen LogP contribution in [0.5, 0.6) is 0 Å². The Morgan fingerprint density at radius 3 is 2.76 bits per heavy atom. The van der Waals surface area contributed by atoms with Crippen molar-refractivity contribution in [1.82, 2.24) is 9.97 Å². The minimum absolute atomic E-state index is 0.116. The number of nitrogens with two attached hydrogens (primary N) is 1. The zero-order valence-corrected chi connectivity index (χ0v) is 10.2. The molecule has 0 aliphatic heterocycles. The fourth-order valence-corrected chi connectivity index (χ4v) is 2.43. The molecule has 0 radical (unpaired) electrons. The van der Waals surface area contributed by atoms with Crippen LogP contribution in [0.2, 0.25) is 0 Å². The van der Waals surface area contributed by atoms with Crippen molar-refractivity contribution in [2.24, 2.45) is 11.1 Å². The van der Waals surface area contributed by atoms with E-state index < -0.39 is 0 Å². The maximum Gasteiger partial charge on any atom is 0.186 e. The summed E-state index contributed by atoms with van der Waals surface area (Å²) < 4.78 is 13.7. The van der Waals surface area contributed by atoms with Gasteiger partial charge in [-0.05, 0) is 31.7 Å². The number of anilines is 1. The number of nitrogens with zero attached hydrogens (tertiary/aromatic N) is 2. The van der Waals surface area contributed by atoms with Gasteiger partial charge in [-0.25, -0.2) is 14.4 Å². The molecule has 0 spiro atoms. The van der Waals surface area contributed by atoms with E-state index in [-0.39, 0.29) is 17.1 Å². The lowest BCUT2D eigenvalue weighted by atomic mass is 9.86. The maximum atomic E-state index is 13.7. The van der Waals surface area contributed by atoms with Gasteiger partial charge in [-0.3, -0.25) is 0 Å². The number of rotatable bonds is 4. The molecule has 1 saturated carbocycles. The Bertz CT molecular complexity index is 388. The van der Waals surface area contributed by atoms with Crippen molar-refractivity contribution in [1.29, 1.82) is 0 Å². The second kappa shape index (κ2) is 4.96. The number of aromatic nitrogens is 2. The quantitative estimate of drug-likeness (QED) is 0.840. The molecule has 1 aliphatic carbocycles. The zero-order valence-electron chi connectivity index (χ0n) is 10.2. The molecular weight excluding hydrogens is 219 g/mol. The Hall–Kier alpha value is -1.23. The monoisotopic (exact) mass is 238 g/mol. The number of nitrogens with one attached hydrogen (secondary N) is 1. The summed E-state index contributed by atoms with van der Waals surface area (Å²) in [5.41, 5.74) is 6.32. The highest BCUT2D eigenvalue weighted by atomic mass is 19.1. The third-order valence-electron chi connectivity index (χ3n) is 3.69. The van der Waals surface area contributed by atoms with E-state index >= 15 is 0 Å². The second-order valence-electron chi connectivity index (χ2n) is 4.89. The van der Waals surface area contributed by atoms with Gasteiger partial charge >= 0.3 is 0 Å². The smallest absolute Gasteiger partial charge is 0.186 e. The first kappa shape index (κ1) is 12.2. The Morgan fingerprint density at radius 1 is 1.41 bits per heavy atom. The van der Waals surface area contributed by atoms with Crippen molar-refractivity contribution in [3.8, 4) is 0 Å². The van der Waals surface area contributed by atoms with Crippen LogP contribution < -0.4 is 11.1 Å². The average molecular weight is 238 g/mol. The van der Waals surface area contributed by atoms with E-state index in [0.29, 0.717) is 18.8 Å². The molecule has 2 rings (SSSR count). The molecule has 0 unspecified atom stereocenters. The highest BCUT2D eigenvalue weighted by molar-refractivity contribution is 5.37. The molecule has 1 aliphatic rings. The normalized spacial score (nSPS) is 18.3. The van der Waals surface area contributed by atoms with Crippen LogP contribution in [0.15, 0.2) is 6.33 Å². The number of halogens is 1. The van der Waals surface area contributed by atoms with E-state index in [1.54, 1.807) is 6.92 Å². The van der Waals surface area contributed by atoms with Gasteiger partial charge in [0.1, 0.15) is 6.33 Å². The largest absolute Gasteiger partial charge is 0.367 e. The van der Waals surface area contributed by atoms with Crippen molar-refractivity contribution in [3.63, 3.8) is 0 Å². The molecule has 1 aromatic heterocycles. The second-order valence-corrected chi connectivity index (χ2v) is 4.89. The van der Waals surface area contributed by atoms with Crippen LogP contribution in [0.3, 0.4) is 0 Å². The van der Waals surface area contributed by atoms with E-state index in [0.717, 1.165) is 12.8 Å². The lowest BCUT2D eigenvalue weighted by Crippen LogP contribution is -2.35. The minimum atomic E-state index is -0.363. The van der Waals surface area contributed by atoms with Crippen LogP contribution in [-0.4, -0.2) is 23.1 Å². The van der Waals surface area contributed by atoms with Gasteiger partial charge in [-0.1, -0.05) is 12.8 Å². The summed E-state index contributed by atoms with van der Waals surface area (Å²) in [4.78, 5) is 7.73. The van der Waals surface area contributed by atoms with E-state index in [9.17, 15) is 4.39 Å². The van der Waals surface area contributed by atoms with Gasteiger partial charge in [0.2, 0.25) is 0 Å². The lowest BCUT2D eigenvalue weighted by Gasteiger charge is -2.27. The number of hydrogen-bond donors (Lipinski definition) is 2. The van der Waals surface area contributed by atoms with Crippen molar-refractivity contribution in [3.05, 3.63) is 17.8 Å². The fourth-order valence-electron chi connectivity index (χ4n) is 2.43. The van der Waals surface area contributed by atoms with Gasteiger partial charge in [0, 0.05) is 6.54 Å². The molecule has 0 saturated heterocycles. The number of aryl methyl sites for hydroxylation is 1. The molecule has 1 fully saturated rings. The summed E-state index contributed by atoms with van der Waals surface area (Å²) in [5.74, 6) is -0.0742. The Balaban J connectivity index is 2.04. The van der Waals surface area contributed by atoms with Crippen LogP contribution in [0.1, 0.15) is 31.4 Å². The van der Waals surface area contributed by atoms with Gasteiger partial charge in [-0.2, -0.15) is 0 Å². The van der Waals surface area contributed by atoms with Crippen LogP contribution in [-0.2, 0) is 0 Å². The van der Waals surface area contributed by atoms with Crippen LogP contribution in [0, 0.1) is 18.2 Å². The fraction of sp³-hybridized carbons (Fsp3) is 0.667. The SMILES string of the molecule is Cc1ncnc(NCC2(CN)CCCC2)c1F.